The highest BCUT2D eigenvalue weighted by Gasteiger charge is 2.37. The van der Waals surface area contributed by atoms with Crippen LogP contribution in [0.1, 0.15) is 35.3 Å². The second-order valence-corrected chi connectivity index (χ2v) is 5.35. The van der Waals surface area contributed by atoms with Crippen LogP contribution in [0.3, 0.4) is 0 Å². The van der Waals surface area contributed by atoms with E-state index in [1.165, 1.54) is 0 Å². The van der Waals surface area contributed by atoms with Gasteiger partial charge in [0.15, 0.2) is 0 Å². The molecule has 126 valence electrons. The number of carboxylic acids is 1. The summed E-state index contributed by atoms with van der Waals surface area (Å²) in [5.41, 5.74) is -2.13. The molecule has 1 amide bonds. The van der Waals surface area contributed by atoms with Gasteiger partial charge in [0.25, 0.3) is 5.91 Å². The molecule has 9 heteroatoms. The fourth-order valence-corrected chi connectivity index (χ4v) is 2.41. The zero-order valence-electron chi connectivity index (χ0n) is 12.0. The summed E-state index contributed by atoms with van der Waals surface area (Å²) in [6.45, 7) is 0.609. The minimum Gasteiger partial charge on any atom is -0.481 e. The van der Waals surface area contributed by atoms with Crippen molar-refractivity contribution in [1.82, 2.24) is 10.3 Å². The summed E-state index contributed by atoms with van der Waals surface area (Å²) >= 11 is 0. The van der Waals surface area contributed by atoms with Gasteiger partial charge in [0.05, 0.1) is 17.5 Å². The summed E-state index contributed by atoms with van der Waals surface area (Å²) in [4.78, 5) is 26.4. The Labute approximate surface area is 129 Å². The third kappa shape index (κ3) is 4.41. The lowest BCUT2D eigenvalue weighted by molar-refractivity contribution is -0.141. The standard InChI is InChI=1S/C14H15F3N2O4/c15-14(16,17)10-2-1-9(8-18-10)12(22)19-13(7-11(20)21)3-5-23-6-4-13/h1-2,8H,3-7H2,(H,19,22)(H,20,21). The number of carbonyl (C=O) groups excluding carboxylic acids is 1. The average Bonchev–Trinajstić information content (AvgIpc) is 2.46. The Morgan fingerprint density at radius 3 is 2.43 bits per heavy atom. The molecule has 0 atom stereocenters. The molecule has 23 heavy (non-hydrogen) atoms. The zero-order valence-corrected chi connectivity index (χ0v) is 12.0. The van der Waals surface area contributed by atoms with Gasteiger partial charge < -0.3 is 15.2 Å². The lowest BCUT2D eigenvalue weighted by Gasteiger charge is -2.36. The number of carbonyl (C=O) groups is 2. The molecule has 0 unspecified atom stereocenters. The van der Waals surface area contributed by atoms with Crippen molar-refractivity contribution >= 4 is 11.9 Å². The molecule has 0 radical (unpaired) electrons. The van der Waals surface area contributed by atoms with Gasteiger partial charge in [-0.15, -0.1) is 0 Å². The first-order valence-electron chi connectivity index (χ1n) is 6.87. The van der Waals surface area contributed by atoms with E-state index in [9.17, 15) is 22.8 Å². The van der Waals surface area contributed by atoms with Crippen LogP contribution in [0.15, 0.2) is 18.3 Å². The highest BCUT2D eigenvalue weighted by atomic mass is 19.4. The van der Waals surface area contributed by atoms with Crippen molar-refractivity contribution in [3.05, 3.63) is 29.6 Å². The maximum atomic E-state index is 12.5. The van der Waals surface area contributed by atoms with Crippen LogP contribution >= 0.6 is 0 Å². The second kappa shape index (κ2) is 6.53. The molecule has 1 fully saturated rings. The van der Waals surface area contributed by atoms with Crippen molar-refractivity contribution in [2.45, 2.75) is 31.0 Å². The van der Waals surface area contributed by atoms with Crippen LogP contribution in [0.5, 0.6) is 0 Å². The lowest BCUT2D eigenvalue weighted by atomic mass is 9.86. The molecule has 0 spiro atoms. The van der Waals surface area contributed by atoms with Gasteiger partial charge in [-0.3, -0.25) is 14.6 Å². The van der Waals surface area contributed by atoms with Gasteiger partial charge in [-0.05, 0) is 25.0 Å². The average molecular weight is 332 g/mol. The monoisotopic (exact) mass is 332 g/mol. The van der Waals surface area contributed by atoms with Gasteiger partial charge in [0.1, 0.15) is 5.69 Å². The molecule has 1 aromatic heterocycles. The first kappa shape index (κ1) is 17.2. The molecule has 2 heterocycles. The van der Waals surface area contributed by atoms with Crippen LogP contribution < -0.4 is 5.32 Å². The molecule has 0 bridgehead atoms. The van der Waals surface area contributed by atoms with E-state index in [1.807, 2.05) is 0 Å². The van der Waals surface area contributed by atoms with E-state index in [4.69, 9.17) is 9.84 Å². The summed E-state index contributed by atoms with van der Waals surface area (Å²) in [5.74, 6) is -1.73. The number of rotatable bonds is 4. The minimum atomic E-state index is -4.58. The molecule has 0 saturated carbocycles. The first-order valence-corrected chi connectivity index (χ1v) is 6.87. The van der Waals surface area contributed by atoms with Gasteiger partial charge >= 0.3 is 12.1 Å². The number of halogens is 3. The van der Waals surface area contributed by atoms with Gasteiger partial charge in [0, 0.05) is 19.4 Å². The van der Waals surface area contributed by atoms with Crippen LogP contribution in [0, 0.1) is 0 Å². The van der Waals surface area contributed by atoms with E-state index in [-0.39, 0.29) is 12.0 Å². The Hall–Kier alpha value is -2.16. The van der Waals surface area contributed by atoms with Crippen LogP contribution in [0.4, 0.5) is 13.2 Å². The predicted octanol–water partition coefficient (Wildman–Crippen LogP) is 1.85. The van der Waals surface area contributed by atoms with Gasteiger partial charge in [-0.1, -0.05) is 0 Å². The van der Waals surface area contributed by atoms with E-state index in [1.54, 1.807) is 0 Å². The Balaban J connectivity index is 2.13. The van der Waals surface area contributed by atoms with Crippen molar-refractivity contribution in [3.63, 3.8) is 0 Å². The minimum absolute atomic E-state index is 0.0609. The molecule has 0 aromatic carbocycles. The van der Waals surface area contributed by atoms with Gasteiger partial charge in [-0.2, -0.15) is 13.2 Å². The number of nitrogens with zero attached hydrogens (tertiary/aromatic N) is 1. The number of hydrogen-bond acceptors (Lipinski definition) is 4. The smallest absolute Gasteiger partial charge is 0.433 e. The maximum Gasteiger partial charge on any atom is 0.433 e. The SMILES string of the molecule is O=C(O)CC1(NC(=O)c2ccc(C(F)(F)F)nc2)CCOCC1. The number of ether oxygens (including phenoxy) is 1. The highest BCUT2D eigenvalue weighted by Crippen LogP contribution is 2.28. The fraction of sp³-hybridized carbons (Fsp3) is 0.500. The lowest BCUT2D eigenvalue weighted by Crippen LogP contribution is -2.53. The Morgan fingerprint density at radius 1 is 1.30 bits per heavy atom. The molecule has 1 saturated heterocycles. The predicted molar refractivity (Wildman–Crippen MR) is 71.7 cm³/mol. The summed E-state index contributed by atoms with van der Waals surface area (Å²) < 4.78 is 42.5. The highest BCUT2D eigenvalue weighted by molar-refractivity contribution is 5.94. The molecular weight excluding hydrogens is 317 g/mol. The summed E-state index contributed by atoms with van der Waals surface area (Å²) in [5, 5.41) is 11.6. The van der Waals surface area contributed by atoms with Crippen molar-refractivity contribution in [2.24, 2.45) is 0 Å². The number of aliphatic carboxylic acids is 1. The summed E-state index contributed by atoms with van der Waals surface area (Å²) in [6, 6.07) is 1.72. The van der Waals surface area contributed by atoms with Crippen LogP contribution in [0.2, 0.25) is 0 Å². The van der Waals surface area contributed by atoms with Crippen molar-refractivity contribution in [3.8, 4) is 0 Å². The number of carboxylic acid groups (broad SMARTS) is 1. The third-order valence-electron chi connectivity index (χ3n) is 3.63. The van der Waals surface area contributed by atoms with Gasteiger partial charge in [0.2, 0.25) is 0 Å². The molecule has 1 aliphatic heterocycles. The molecule has 6 nitrogen and oxygen atoms in total. The summed E-state index contributed by atoms with van der Waals surface area (Å²) in [6.07, 6.45) is -3.40. The maximum absolute atomic E-state index is 12.5. The van der Waals surface area contributed by atoms with Crippen molar-refractivity contribution < 1.29 is 32.6 Å². The Morgan fingerprint density at radius 2 is 1.96 bits per heavy atom. The molecule has 2 rings (SSSR count). The zero-order chi connectivity index (χ0) is 17.1. The van der Waals surface area contributed by atoms with E-state index in [0.717, 1.165) is 12.3 Å². The van der Waals surface area contributed by atoms with Crippen LogP contribution in [-0.2, 0) is 15.7 Å². The Kier molecular flexibility index (Phi) is 4.88. The quantitative estimate of drug-likeness (QED) is 0.878. The van der Waals surface area contributed by atoms with Crippen molar-refractivity contribution in [1.29, 1.82) is 0 Å². The second-order valence-electron chi connectivity index (χ2n) is 5.35. The number of aromatic nitrogens is 1. The van der Waals surface area contributed by atoms with Gasteiger partial charge in [-0.25, -0.2) is 0 Å². The molecular formula is C14H15F3N2O4. The normalized spacial score (nSPS) is 17.5. The van der Waals surface area contributed by atoms with E-state index in [0.29, 0.717) is 32.1 Å². The van der Waals surface area contributed by atoms with E-state index < -0.39 is 29.3 Å². The van der Waals surface area contributed by atoms with E-state index >= 15 is 0 Å². The van der Waals surface area contributed by atoms with Crippen LogP contribution in [-0.4, -0.2) is 40.7 Å². The number of pyridine rings is 1. The number of nitrogens with one attached hydrogen (secondary N) is 1. The molecule has 2 N–H and O–H groups in total. The third-order valence-corrected chi connectivity index (χ3v) is 3.63. The largest absolute Gasteiger partial charge is 0.481 e. The fourth-order valence-electron chi connectivity index (χ4n) is 2.41. The van der Waals surface area contributed by atoms with Crippen molar-refractivity contribution in [2.75, 3.05) is 13.2 Å². The molecule has 1 aliphatic rings. The van der Waals surface area contributed by atoms with E-state index in [2.05, 4.69) is 10.3 Å². The number of alkyl halides is 3. The number of hydrogen-bond donors (Lipinski definition) is 2. The topological polar surface area (TPSA) is 88.5 Å². The number of amides is 1. The summed E-state index contributed by atoms with van der Waals surface area (Å²) in [7, 11) is 0. The Bertz CT molecular complexity index is 581. The molecule has 0 aliphatic carbocycles. The van der Waals surface area contributed by atoms with Crippen LogP contribution in [0.25, 0.3) is 0 Å². The first-order chi connectivity index (χ1) is 10.7. The molecule has 1 aromatic rings.